The standard InChI is InChI=1S/C5H6N2O2.C4H9NO/c8-5(9)7-4-2-1-3-6-7;1-2-3-4(5)6/h1-4,6H,(H,8,9);2-3H2,1H3,(H2,5,6). The highest BCUT2D eigenvalue weighted by molar-refractivity contribution is 5.73. The van der Waals surface area contributed by atoms with E-state index in [1.54, 1.807) is 12.2 Å². The summed E-state index contributed by atoms with van der Waals surface area (Å²) in [7, 11) is 0. The second-order valence-electron chi connectivity index (χ2n) is 2.70. The molecular formula is C9H15N3O3. The molecule has 0 aromatic rings. The van der Waals surface area contributed by atoms with Crippen molar-refractivity contribution in [3.63, 3.8) is 0 Å². The maximum atomic E-state index is 10.1. The SMILES string of the molecule is CCCC(N)=O.O=C(O)N1C=CC=CN1. The number of primary amides is 1. The van der Waals surface area contributed by atoms with E-state index in [1.807, 2.05) is 6.92 Å². The number of hydrogen-bond acceptors (Lipinski definition) is 3. The highest BCUT2D eigenvalue weighted by Gasteiger charge is 2.05. The van der Waals surface area contributed by atoms with E-state index in [0.717, 1.165) is 11.4 Å². The van der Waals surface area contributed by atoms with Crippen molar-refractivity contribution < 1.29 is 14.7 Å². The maximum Gasteiger partial charge on any atom is 0.430 e. The number of rotatable bonds is 2. The molecule has 0 bridgehead atoms. The summed E-state index contributed by atoms with van der Waals surface area (Å²) >= 11 is 0. The molecule has 4 N–H and O–H groups in total. The van der Waals surface area contributed by atoms with Gasteiger partial charge in [-0.1, -0.05) is 6.92 Å². The molecule has 0 saturated carbocycles. The summed E-state index contributed by atoms with van der Waals surface area (Å²) in [5.74, 6) is -0.211. The third kappa shape index (κ3) is 7.12. The lowest BCUT2D eigenvalue weighted by Gasteiger charge is -2.14. The van der Waals surface area contributed by atoms with Gasteiger partial charge in [0.1, 0.15) is 0 Å². The van der Waals surface area contributed by atoms with E-state index in [2.05, 4.69) is 5.43 Å². The smallest absolute Gasteiger partial charge is 0.430 e. The van der Waals surface area contributed by atoms with Crippen LogP contribution in [-0.2, 0) is 4.79 Å². The average Bonchev–Trinajstić information content (AvgIpc) is 2.20. The predicted molar refractivity (Wildman–Crippen MR) is 55.4 cm³/mol. The molecule has 1 aliphatic rings. The summed E-state index contributed by atoms with van der Waals surface area (Å²) < 4.78 is 0. The number of hydrogen-bond donors (Lipinski definition) is 3. The van der Waals surface area contributed by atoms with E-state index in [4.69, 9.17) is 10.8 Å². The summed E-state index contributed by atoms with van der Waals surface area (Å²) in [6.07, 6.45) is 6.64. The van der Waals surface area contributed by atoms with Crippen LogP contribution in [0.15, 0.2) is 24.6 Å². The molecular weight excluding hydrogens is 198 g/mol. The summed E-state index contributed by atoms with van der Waals surface area (Å²) in [6, 6.07) is 0. The zero-order valence-corrected chi connectivity index (χ0v) is 8.51. The number of amides is 2. The molecule has 0 aromatic carbocycles. The number of carbonyl (C=O) groups excluding carboxylic acids is 1. The molecule has 0 unspecified atom stereocenters. The molecule has 1 aliphatic heterocycles. The van der Waals surface area contributed by atoms with Crippen LogP contribution < -0.4 is 11.2 Å². The van der Waals surface area contributed by atoms with E-state index in [9.17, 15) is 9.59 Å². The fraction of sp³-hybridized carbons (Fsp3) is 0.333. The summed E-state index contributed by atoms with van der Waals surface area (Å²) in [6.45, 7) is 1.92. The number of carboxylic acid groups (broad SMARTS) is 1. The Labute approximate surface area is 88.0 Å². The molecule has 6 nitrogen and oxygen atoms in total. The van der Waals surface area contributed by atoms with Crippen LogP contribution in [-0.4, -0.2) is 22.1 Å². The number of nitrogens with zero attached hydrogens (tertiary/aromatic N) is 1. The molecule has 6 heteroatoms. The van der Waals surface area contributed by atoms with Crippen LogP contribution in [0.4, 0.5) is 4.79 Å². The minimum atomic E-state index is -1.02. The fourth-order valence-corrected chi connectivity index (χ4v) is 0.723. The fourth-order valence-electron chi connectivity index (χ4n) is 0.723. The molecule has 1 heterocycles. The zero-order valence-electron chi connectivity index (χ0n) is 8.51. The molecule has 1 rings (SSSR count). The van der Waals surface area contributed by atoms with Crippen LogP contribution in [0.3, 0.4) is 0 Å². The lowest BCUT2D eigenvalue weighted by Crippen LogP contribution is -2.34. The Morgan fingerprint density at radius 3 is 2.33 bits per heavy atom. The van der Waals surface area contributed by atoms with Gasteiger partial charge in [-0.2, -0.15) is 5.01 Å². The molecule has 0 aliphatic carbocycles. The van der Waals surface area contributed by atoms with Crippen LogP contribution in [0.1, 0.15) is 19.8 Å². The third-order valence-electron chi connectivity index (χ3n) is 1.36. The van der Waals surface area contributed by atoms with E-state index in [0.29, 0.717) is 6.42 Å². The monoisotopic (exact) mass is 213 g/mol. The van der Waals surface area contributed by atoms with Crippen molar-refractivity contribution in [3.05, 3.63) is 24.6 Å². The van der Waals surface area contributed by atoms with Crippen molar-refractivity contribution in [1.29, 1.82) is 0 Å². The van der Waals surface area contributed by atoms with E-state index in [-0.39, 0.29) is 5.91 Å². The summed E-state index contributed by atoms with van der Waals surface area (Å²) in [5.41, 5.74) is 7.25. The Morgan fingerprint density at radius 2 is 2.13 bits per heavy atom. The Hall–Kier alpha value is -1.98. The number of allylic oxidation sites excluding steroid dienone is 2. The Kier molecular flexibility index (Phi) is 6.45. The van der Waals surface area contributed by atoms with Gasteiger partial charge in [-0.3, -0.25) is 10.2 Å². The van der Waals surface area contributed by atoms with Crippen molar-refractivity contribution >= 4 is 12.0 Å². The molecule has 0 aromatic heterocycles. The van der Waals surface area contributed by atoms with Crippen LogP contribution in [0.5, 0.6) is 0 Å². The predicted octanol–water partition coefficient (Wildman–Crippen LogP) is 0.784. The Morgan fingerprint density at radius 1 is 1.47 bits per heavy atom. The molecule has 0 spiro atoms. The van der Waals surface area contributed by atoms with E-state index in [1.165, 1.54) is 12.4 Å². The lowest BCUT2D eigenvalue weighted by molar-refractivity contribution is -0.118. The maximum absolute atomic E-state index is 10.1. The molecule has 2 amide bonds. The second kappa shape index (κ2) is 7.43. The quantitative estimate of drug-likeness (QED) is 0.631. The van der Waals surface area contributed by atoms with Gasteiger partial charge in [0.15, 0.2) is 0 Å². The lowest BCUT2D eigenvalue weighted by atomic mass is 10.3. The van der Waals surface area contributed by atoms with Gasteiger partial charge in [0.2, 0.25) is 5.91 Å². The summed E-state index contributed by atoms with van der Waals surface area (Å²) in [4.78, 5) is 20.0. The van der Waals surface area contributed by atoms with Gasteiger partial charge < -0.3 is 10.8 Å². The average molecular weight is 213 g/mol. The van der Waals surface area contributed by atoms with Crippen molar-refractivity contribution in [2.45, 2.75) is 19.8 Å². The Bertz CT molecular complexity index is 274. The molecule has 0 atom stereocenters. The summed E-state index contributed by atoms with van der Waals surface area (Å²) in [5, 5.41) is 9.27. The second-order valence-corrected chi connectivity index (χ2v) is 2.70. The minimum absolute atomic E-state index is 0.211. The van der Waals surface area contributed by atoms with Crippen LogP contribution >= 0.6 is 0 Å². The number of carbonyl (C=O) groups is 2. The van der Waals surface area contributed by atoms with Gasteiger partial charge in [0.05, 0.1) is 0 Å². The first-order valence-corrected chi connectivity index (χ1v) is 4.48. The first-order valence-electron chi connectivity index (χ1n) is 4.48. The van der Waals surface area contributed by atoms with E-state index >= 15 is 0 Å². The molecule has 0 fully saturated rings. The van der Waals surface area contributed by atoms with Crippen molar-refractivity contribution in [2.75, 3.05) is 0 Å². The highest BCUT2D eigenvalue weighted by Crippen LogP contribution is 1.91. The third-order valence-corrected chi connectivity index (χ3v) is 1.36. The molecule has 0 radical (unpaired) electrons. The number of nitrogens with one attached hydrogen (secondary N) is 1. The van der Waals surface area contributed by atoms with Gasteiger partial charge in [0.25, 0.3) is 0 Å². The topological polar surface area (TPSA) is 95.7 Å². The van der Waals surface area contributed by atoms with Crippen LogP contribution in [0, 0.1) is 0 Å². The molecule has 84 valence electrons. The van der Waals surface area contributed by atoms with Crippen LogP contribution in [0.25, 0.3) is 0 Å². The normalized spacial score (nSPS) is 12.5. The van der Waals surface area contributed by atoms with Gasteiger partial charge in [0, 0.05) is 18.8 Å². The van der Waals surface area contributed by atoms with Gasteiger partial charge in [-0.15, -0.1) is 0 Å². The Balaban J connectivity index is 0.000000288. The molecule has 0 saturated heterocycles. The van der Waals surface area contributed by atoms with Gasteiger partial charge in [-0.05, 0) is 18.6 Å². The highest BCUT2D eigenvalue weighted by atomic mass is 16.4. The largest absolute Gasteiger partial charge is 0.463 e. The van der Waals surface area contributed by atoms with Gasteiger partial charge >= 0.3 is 6.09 Å². The van der Waals surface area contributed by atoms with Crippen molar-refractivity contribution in [3.8, 4) is 0 Å². The van der Waals surface area contributed by atoms with Crippen molar-refractivity contribution in [2.24, 2.45) is 5.73 Å². The first-order chi connectivity index (χ1) is 7.07. The van der Waals surface area contributed by atoms with Gasteiger partial charge in [-0.25, -0.2) is 4.79 Å². The number of nitrogens with two attached hydrogens (primary N) is 1. The van der Waals surface area contributed by atoms with Crippen molar-refractivity contribution in [1.82, 2.24) is 10.4 Å². The minimum Gasteiger partial charge on any atom is -0.463 e. The van der Waals surface area contributed by atoms with Crippen LogP contribution in [0.2, 0.25) is 0 Å². The zero-order chi connectivity index (χ0) is 11.7. The number of hydrazine groups is 1. The van der Waals surface area contributed by atoms with E-state index < -0.39 is 6.09 Å². The first kappa shape index (κ1) is 13.0. The molecule has 15 heavy (non-hydrogen) atoms.